The maximum Gasteiger partial charge on any atom is 0.435 e. The minimum absolute atomic E-state index is 0.105. The second-order valence-corrected chi connectivity index (χ2v) is 11.1. The minimum atomic E-state index is -4.70. The first-order valence-electron chi connectivity index (χ1n) is 12.6. The van der Waals surface area contributed by atoms with Crippen molar-refractivity contribution < 1.29 is 36.4 Å². The third-order valence-corrected chi connectivity index (χ3v) is 7.38. The highest BCUT2D eigenvalue weighted by Gasteiger charge is 2.35. The molecule has 12 nitrogen and oxygen atoms in total. The summed E-state index contributed by atoms with van der Waals surface area (Å²) in [6.45, 7) is 3.24. The Balaban J connectivity index is 1.71. The van der Waals surface area contributed by atoms with Gasteiger partial charge in [0.05, 0.1) is 16.3 Å². The zero-order valence-electron chi connectivity index (χ0n) is 22.6. The minimum Gasteiger partial charge on any atom is -0.408 e. The summed E-state index contributed by atoms with van der Waals surface area (Å²) in [5, 5.41) is 20.3. The Hall–Kier alpha value is -4.60. The summed E-state index contributed by atoms with van der Waals surface area (Å²) in [4.78, 5) is 23.5. The molecule has 1 atom stereocenters. The van der Waals surface area contributed by atoms with Gasteiger partial charge in [0.25, 0.3) is 10.0 Å². The highest BCUT2D eigenvalue weighted by molar-refractivity contribution is 7.90. The number of aryl methyl sites for hydroxylation is 1. The summed E-state index contributed by atoms with van der Waals surface area (Å²) in [5.74, 6) is -1.40. The van der Waals surface area contributed by atoms with E-state index in [1.54, 1.807) is 24.3 Å². The molecule has 0 saturated carbocycles. The second-order valence-electron chi connectivity index (χ2n) is 9.37. The van der Waals surface area contributed by atoms with Crippen LogP contribution in [0.25, 0.3) is 16.9 Å². The molecule has 0 saturated heterocycles. The Labute approximate surface area is 239 Å². The largest absolute Gasteiger partial charge is 0.435 e. The number of benzene rings is 2. The van der Waals surface area contributed by atoms with Gasteiger partial charge in [0.2, 0.25) is 17.8 Å². The van der Waals surface area contributed by atoms with Crippen molar-refractivity contribution in [1.29, 1.82) is 0 Å². The Kier molecular flexibility index (Phi) is 10.2. The van der Waals surface area contributed by atoms with Crippen LogP contribution in [0.1, 0.15) is 37.4 Å². The second kappa shape index (κ2) is 13.4. The zero-order chi connectivity index (χ0) is 31.1. The number of alkyl halides is 3. The van der Waals surface area contributed by atoms with Crippen molar-refractivity contribution in [1.82, 2.24) is 25.1 Å². The average molecular weight is 610 g/mol. The fraction of sp³-hybridized carbons (Fsp3) is 0.308. The lowest BCUT2D eigenvalue weighted by Gasteiger charge is -2.18. The van der Waals surface area contributed by atoms with E-state index in [0.717, 1.165) is 28.4 Å². The van der Waals surface area contributed by atoms with Crippen LogP contribution in [0, 0.1) is 6.92 Å². The predicted octanol–water partition coefficient (Wildman–Crippen LogP) is 2.64. The van der Waals surface area contributed by atoms with E-state index in [1.165, 1.54) is 19.1 Å². The summed E-state index contributed by atoms with van der Waals surface area (Å²) in [6, 6.07) is 12.1. The number of halogens is 3. The van der Waals surface area contributed by atoms with E-state index in [2.05, 4.69) is 20.9 Å². The Morgan fingerprint density at radius 2 is 1.76 bits per heavy atom. The number of hydrogen-bond donors (Lipinski definition) is 5. The first kappa shape index (κ1) is 31.9. The van der Waals surface area contributed by atoms with Crippen molar-refractivity contribution in [3.05, 3.63) is 65.9 Å². The molecule has 2 aromatic carbocycles. The predicted molar refractivity (Wildman–Crippen MR) is 147 cm³/mol. The Morgan fingerprint density at radius 3 is 2.33 bits per heavy atom. The maximum absolute atomic E-state index is 13.5. The van der Waals surface area contributed by atoms with Gasteiger partial charge in [0.1, 0.15) is 0 Å². The first-order valence-corrected chi connectivity index (χ1v) is 14.1. The lowest BCUT2D eigenvalue weighted by Crippen LogP contribution is -2.45. The van der Waals surface area contributed by atoms with Crippen LogP contribution in [0.2, 0.25) is 0 Å². The van der Waals surface area contributed by atoms with Gasteiger partial charge >= 0.3 is 6.18 Å². The van der Waals surface area contributed by atoms with Crippen molar-refractivity contribution in [3.63, 3.8) is 0 Å². The van der Waals surface area contributed by atoms with Gasteiger partial charge in [-0.3, -0.25) is 9.59 Å². The molecule has 0 aliphatic carbocycles. The topological polar surface area (TPSA) is 181 Å². The van der Waals surface area contributed by atoms with Gasteiger partial charge in [0, 0.05) is 31.5 Å². The number of guanidine groups is 1. The normalized spacial score (nSPS) is 12.9. The van der Waals surface area contributed by atoms with Crippen molar-refractivity contribution in [2.75, 3.05) is 6.54 Å². The highest BCUT2D eigenvalue weighted by Crippen LogP contribution is 2.33. The van der Waals surface area contributed by atoms with E-state index >= 15 is 0 Å². The summed E-state index contributed by atoms with van der Waals surface area (Å²) in [5.41, 5.74) is 5.97. The SMILES string of the molecule is CC(=O)NC(CCCC(=O)NS(=O)(=O)c1ccc(-n2nc(C(F)(F)F)cc2-c2ccc(C)cc2)cc1)CNC(N)=NO. The van der Waals surface area contributed by atoms with E-state index in [9.17, 15) is 31.2 Å². The number of hydrogen-bond acceptors (Lipinski definition) is 7. The van der Waals surface area contributed by atoms with Crippen LogP contribution < -0.4 is 21.1 Å². The molecule has 1 heterocycles. The van der Waals surface area contributed by atoms with Crippen molar-refractivity contribution in [3.8, 4) is 16.9 Å². The summed E-state index contributed by atoms with van der Waals surface area (Å²) in [7, 11) is -4.29. The Morgan fingerprint density at radius 1 is 1.12 bits per heavy atom. The van der Waals surface area contributed by atoms with Crippen LogP contribution in [0.15, 0.2) is 64.6 Å². The standard InChI is InChI=1S/C26H30F3N7O5S/c1-16-6-8-18(9-7-16)22-14-23(26(27,28)29)33-36(22)20-10-12-21(13-11-20)42(40,41)35-24(38)5-3-4-19(32-17(2)37)15-31-25(30)34-39/h6-14,19,39H,3-5,15H2,1-2H3,(H,32,37)(H,35,38)(H3,30,31,34). The van der Waals surface area contributed by atoms with Gasteiger partial charge in [-0.2, -0.15) is 18.3 Å². The molecule has 3 rings (SSSR count). The molecule has 6 N–H and O–H groups in total. The van der Waals surface area contributed by atoms with Gasteiger partial charge in [-0.05, 0) is 50.1 Å². The van der Waals surface area contributed by atoms with Gasteiger partial charge in [0.15, 0.2) is 5.69 Å². The van der Waals surface area contributed by atoms with Crippen LogP contribution in [0.3, 0.4) is 0 Å². The third kappa shape index (κ3) is 8.70. The van der Waals surface area contributed by atoms with E-state index in [4.69, 9.17) is 10.9 Å². The van der Waals surface area contributed by atoms with Crippen LogP contribution in [-0.4, -0.2) is 53.8 Å². The highest BCUT2D eigenvalue weighted by atomic mass is 32.2. The number of sulfonamides is 1. The van der Waals surface area contributed by atoms with E-state index < -0.39 is 33.8 Å². The summed E-state index contributed by atoms with van der Waals surface area (Å²) >= 11 is 0. The van der Waals surface area contributed by atoms with Gasteiger partial charge in [-0.25, -0.2) is 17.8 Å². The van der Waals surface area contributed by atoms with Crippen molar-refractivity contribution in [2.24, 2.45) is 10.9 Å². The zero-order valence-corrected chi connectivity index (χ0v) is 23.5. The van der Waals surface area contributed by atoms with Gasteiger partial charge in [-0.1, -0.05) is 35.0 Å². The lowest BCUT2D eigenvalue weighted by atomic mass is 10.1. The monoisotopic (exact) mass is 609 g/mol. The molecule has 0 aliphatic rings. The molecule has 0 aliphatic heterocycles. The number of rotatable bonds is 11. The lowest BCUT2D eigenvalue weighted by molar-refractivity contribution is -0.141. The van der Waals surface area contributed by atoms with Crippen LogP contribution in [0.4, 0.5) is 13.2 Å². The number of carbonyl (C=O) groups excluding carboxylic acids is 2. The quantitative estimate of drug-likeness (QED) is 0.0952. The van der Waals surface area contributed by atoms with E-state index in [-0.39, 0.29) is 54.0 Å². The summed E-state index contributed by atoms with van der Waals surface area (Å²) in [6.07, 6.45) is -4.41. The maximum atomic E-state index is 13.5. The molecule has 0 fully saturated rings. The Bertz CT molecular complexity index is 1540. The number of amides is 2. The third-order valence-electron chi connectivity index (χ3n) is 5.99. The number of oxime groups is 1. The molecule has 2 amide bonds. The number of aromatic nitrogens is 2. The summed E-state index contributed by atoms with van der Waals surface area (Å²) < 4.78 is 69.0. The molecule has 0 spiro atoms. The fourth-order valence-electron chi connectivity index (χ4n) is 3.96. The molecule has 0 bridgehead atoms. The van der Waals surface area contributed by atoms with Crippen LogP contribution >= 0.6 is 0 Å². The fourth-order valence-corrected chi connectivity index (χ4v) is 4.97. The van der Waals surface area contributed by atoms with Crippen LogP contribution in [0.5, 0.6) is 0 Å². The number of nitrogens with zero attached hydrogens (tertiary/aromatic N) is 3. The number of nitrogens with one attached hydrogen (secondary N) is 3. The van der Waals surface area contributed by atoms with Crippen molar-refractivity contribution in [2.45, 2.75) is 50.2 Å². The number of nitrogens with two attached hydrogens (primary N) is 1. The van der Waals surface area contributed by atoms with E-state index in [1.807, 2.05) is 11.6 Å². The van der Waals surface area contributed by atoms with Gasteiger partial charge < -0.3 is 21.6 Å². The molecule has 42 heavy (non-hydrogen) atoms. The number of carbonyl (C=O) groups is 2. The molecule has 3 aromatic rings. The van der Waals surface area contributed by atoms with E-state index in [0.29, 0.717) is 5.56 Å². The molecule has 16 heteroatoms. The molecule has 1 aromatic heterocycles. The molecule has 1 unspecified atom stereocenters. The van der Waals surface area contributed by atoms with Gasteiger partial charge in [-0.15, -0.1) is 0 Å². The molecular formula is C26H30F3N7O5S. The molecular weight excluding hydrogens is 579 g/mol. The van der Waals surface area contributed by atoms with Crippen molar-refractivity contribution >= 4 is 27.8 Å². The first-order chi connectivity index (χ1) is 19.7. The smallest absolute Gasteiger partial charge is 0.408 e. The molecule has 226 valence electrons. The molecule has 0 radical (unpaired) electrons. The van der Waals surface area contributed by atoms with Crippen LogP contribution in [-0.2, 0) is 25.8 Å². The average Bonchev–Trinajstić information content (AvgIpc) is 3.37.